The van der Waals surface area contributed by atoms with Gasteiger partial charge in [-0.15, -0.1) is 0 Å². The van der Waals surface area contributed by atoms with Gasteiger partial charge in [-0.2, -0.15) is 0 Å². The summed E-state index contributed by atoms with van der Waals surface area (Å²) in [5, 5.41) is 3.24. The average Bonchev–Trinajstić information content (AvgIpc) is 2.72. The molecule has 1 aromatic carbocycles. The summed E-state index contributed by atoms with van der Waals surface area (Å²) in [5.41, 5.74) is 6.65. The Morgan fingerprint density at radius 1 is 1.19 bits per heavy atom. The number of hydrogen-bond donors (Lipinski definition) is 1. The van der Waals surface area contributed by atoms with Crippen LogP contribution in [0.2, 0.25) is 0 Å². The molecule has 0 heterocycles. The van der Waals surface area contributed by atoms with Crippen LogP contribution in [-0.2, 0) is 19.3 Å². The molecule has 0 saturated heterocycles. The number of aryl methyl sites for hydroxylation is 2. The molecule has 0 spiro atoms. The Morgan fingerprint density at radius 2 is 2.00 bits per heavy atom. The topological polar surface area (TPSA) is 12.0 Å². The molecule has 2 aliphatic rings. The third-order valence-corrected chi connectivity index (χ3v) is 4.24. The minimum atomic E-state index is 0.914. The van der Waals surface area contributed by atoms with Crippen molar-refractivity contribution in [2.45, 2.75) is 44.4 Å². The fourth-order valence-electron chi connectivity index (χ4n) is 3.50. The standard InChI is InChI=1S/C15H21N/c1-16-8-7-11-9-13-4-2-3-12-5-6-14(10-11)15(12)13/h9-10,12,16H,2-8H2,1H3. The van der Waals surface area contributed by atoms with Gasteiger partial charge in [0, 0.05) is 0 Å². The van der Waals surface area contributed by atoms with Crippen LogP contribution >= 0.6 is 0 Å². The van der Waals surface area contributed by atoms with Gasteiger partial charge in [-0.05, 0) is 80.3 Å². The van der Waals surface area contributed by atoms with E-state index in [1.165, 1.54) is 38.5 Å². The summed E-state index contributed by atoms with van der Waals surface area (Å²) in [6, 6.07) is 4.95. The Hall–Kier alpha value is -0.820. The van der Waals surface area contributed by atoms with Crippen LogP contribution in [0.1, 0.15) is 47.4 Å². The van der Waals surface area contributed by atoms with E-state index in [0.717, 1.165) is 12.5 Å². The van der Waals surface area contributed by atoms with E-state index in [9.17, 15) is 0 Å². The van der Waals surface area contributed by atoms with Gasteiger partial charge in [0.15, 0.2) is 0 Å². The molecule has 3 rings (SSSR count). The van der Waals surface area contributed by atoms with Crippen molar-refractivity contribution in [3.8, 4) is 0 Å². The first-order valence-corrected chi connectivity index (χ1v) is 6.67. The Labute approximate surface area is 98.3 Å². The molecule has 86 valence electrons. The maximum Gasteiger partial charge on any atom is -0.00114 e. The molecule has 0 aromatic heterocycles. The third kappa shape index (κ3) is 1.67. The minimum Gasteiger partial charge on any atom is -0.319 e. The molecule has 2 aliphatic carbocycles. The van der Waals surface area contributed by atoms with Gasteiger partial charge in [-0.1, -0.05) is 12.1 Å². The number of nitrogens with one attached hydrogen (secondary N) is 1. The second kappa shape index (κ2) is 4.21. The predicted octanol–water partition coefficient (Wildman–Crippen LogP) is 2.81. The fourth-order valence-corrected chi connectivity index (χ4v) is 3.50. The maximum atomic E-state index is 3.24. The summed E-state index contributed by atoms with van der Waals surface area (Å²) in [6.45, 7) is 1.10. The van der Waals surface area contributed by atoms with Gasteiger partial charge in [0.2, 0.25) is 0 Å². The lowest BCUT2D eigenvalue weighted by atomic mass is 9.83. The minimum absolute atomic E-state index is 0.914. The Balaban J connectivity index is 1.95. The number of likely N-dealkylation sites (N-methyl/N-ethyl adjacent to an activating group) is 1. The first kappa shape index (κ1) is 10.3. The third-order valence-electron chi connectivity index (χ3n) is 4.24. The van der Waals surface area contributed by atoms with E-state index in [1.807, 2.05) is 7.05 Å². The molecular formula is C15H21N. The van der Waals surface area contributed by atoms with Crippen LogP contribution in [0, 0.1) is 0 Å². The highest BCUT2D eigenvalue weighted by molar-refractivity contribution is 5.46. The van der Waals surface area contributed by atoms with Crippen LogP contribution in [-0.4, -0.2) is 13.6 Å². The van der Waals surface area contributed by atoms with E-state index in [2.05, 4.69) is 17.4 Å². The first-order chi connectivity index (χ1) is 7.88. The van der Waals surface area contributed by atoms with Crippen LogP contribution in [0.15, 0.2) is 12.1 Å². The van der Waals surface area contributed by atoms with E-state index < -0.39 is 0 Å². The molecule has 16 heavy (non-hydrogen) atoms. The van der Waals surface area contributed by atoms with E-state index in [4.69, 9.17) is 0 Å². The Kier molecular flexibility index (Phi) is 2.72. The van der Waals surface area contributed by atoms with E-state index in [0.29, 0.717) is 0 Å². The van der Waals surface area contributed by atoms with Crippen molar-refractivity contribution >= 4 is 0 Å². The number of hydrogen-bond acceptors (Lipinski definition) is 1. The molecule has 0 amide bonds. The molecule has 0 radical (unpaired) electrons. The molecule has 1 aromatic rings. The van der Waals surface area contributed by atoms with Gasteiger partial charge in [0.05, 0.1) is 0 Å². The highest BCUT2D eigenvalue weighted by Crippen LogP contribution is 2.43. The lowest BCUT2D eigenvalue weighted by Gasteiger charge is -2.22. The maximum absolute atomic E-state index is 3.24. The van der Waals surface area contributed by atoms with Crippen LogP contribution in [0.5, 0.6) is 0 Å². The summed E-state index contributed by atoms with van der Waals surface area (Å²) in [7, 11) is 2.04. The highest BCUT2D eigenvalue weighted by atomic mass is 14.8. The van der Waals surface area contributed by atoms with Crippen molar-refractivity contribution in [1.29, 1.82) is 0 Å². The molecule has 0 fully saturated rings. The summed E-state index contributed by atoms with van der Waals surface area (Å²) < 4.78 is 0. The molecule has 1 heteroatoms. The van der Waals surface area contributed by atoms with Gasteiger partial charge in [0.25, 0.3) is 0 Å². The van der Waals surface area contributed by atoms with Crippen molar-refractivity contribution in [3.05, 3.63) is 34.4 Å². The van der Waals surface area contributed by atoms with Gasteiger partial charge in [-0.3, -0.25) is 0 Å². The lowest BCUT2D eigenvalue weighted by Crippen LogP contribution is -2.12. The number of rotatable bonds is 3. The quantitative estimate of drug-likeness (QED) is 0.817. The van der Waals surface area contributed by atoms with Crippen molar-refractivity contribution in [3.63, 3.8) is 0 Å². The lowest BCUT2D eigenvalue weighted by molar-refractivity contribution is 0.555. The largest absolute Gasteiger partial charge is 0.319 e. The predicted molar refractivity (Wildman–Crippen MR) is 68.1 cm³/mol. The molecule has 1 atom stereocenters. The Morgan fingerprint density at radius 3 is 2.81 bits per heavy atom. The van der Waals surface area contributed by atoms with Crippen molar-refractivity contribution in [2.75, 3.05) is 13.6 Å². The zero-order chi connectivity index (χ0) is 11.0. The van der Waals surface area contributed by atoms with Gasteiger partial charge < -0.3 is 5.32 Å². The number of benzene rings is 1. The van der Waals surface area contributed by atoms with Crippen molar-refractivity contribution < 1.29 is 0 Å². The van der Waals surface area contributed by atoms with Gasteiger partial charge in [-0.25, -0.2) is 0 Å². The fraction of sp³-hybridized carbons (Fsp3) is 0.600. The monoisotopic (exact) mass is 215 g/mol. The Bertz CT molecular complexity index is 395. The molecule has 0 bridgehead atoms. The van der Waals surface area contributed by atoms with Crippen molar-refractivity contribution in [2.24, 2.45) is 0 Å². The van der Waals surface area contributed by atoms with E-state index in [1.54, 1.807) is 22.3 Å². The van der Waals surface area contributed by atoms with Crippen LogP contribution < -0.4 is 5.32 Å². The molecule has 1 nitrogen and oxygen atoms in total. The summed E-state index contributed by atoms with van der Waals surface area (Å²) in [6.07, 6.45) is 8.11. The van der Waals surface area contributed by atoms with Gasteiger partial charge in [0.1, 0.15) is 0 Å². The van der Waals surface area contributed by atoms with Crippen LogP contribution in [0.4, 0.5) is 0 Å². The zero-order valence-corrected chi connectivity index (χ0v) is 10.2. The molecule has 1 N–H and O–H groups in total. The van der Waals surface area contributed by atoms with Crippen molar-refractivity contribution in [1.82, 2.24) is 5.32 Å². The summed E-state index contributed by atoms with van der Waals surface area (Å²) in [5.74, 6) is 0.914. The average molecular weight is 215 g/mol. The van der Waals surface area contributed by atoms with Crippen LogP contribution in [0.25, 0.3) is 0 Å². The molecule has 0 saturated carbocycles. The SMILES string of the molecule is CNCCc1cc2c3c(c1)CCC3CCC2. The highest BCUT2D eigenvalue weighted by Gasteiger charge is 2.28. The first-order valence-electron chi connectivity index (χ1n) is 6.67. The van der Waals surface area contributed by atoms with E-state index in [-0.39, 0.29) is 0 Å². The van der Waals surface area contributed by atoms with Crippen LogP contribution in [0.3, 0.4) is 0 Å². The smallest absolute Gasteiger partial charge is 0.00114 e. The summed E-state index contributed by atoms with van der Waals surface area (Å²) in [4.78, 5) is 0. The normalized spacial score (nSPS) is 22.2. The summed E-state index contributed by atoms with van der Waals surface area (Å²) >= 11 is 0. The molecule has 1 unspecified atom stereocenters. The molecule has 0 aliphatic heterocycles. The second-order valence-electron chi connectivity index (χ2n) is 5.31. The van der Waals surface area contributed by atoms with E-state index >= 15 is 0 Å². The zero-order valence-electron chi connectivity index (χ0n) is 10.2. The van der Waals surface area contributed by atoms with Gasteiger partial charge >= 0.3 is 0 Å². The second-order valence-corrected chi connectivity index (χ2v) is 5.31. The molecular weight excluding hydrogens is 194 g/mol.